The number of amides is 1. The highest BCUT2D eigenvalue weighted by molar-refractivity contribution is 5.65. The first-order chi connectivity index (χ1) is 10.3. The molecule has 22 heavy (non-hydrogen) atoms. The molecule has 0 radical (unpaired) electrons. The fraction of sp³-hybridized carbons (Fsp3) is 0.588. The second-order valence-corrected chi connectivity index (χ2v) is 6.92. The van der Waals surface area contributed by atoms with E-state index in [0.717, 1.165) is 11.3 Å². The largest absolute Gasteiger partial charge is 0.487 e. The number of aliphatic hydroxyl groups is 1. The van der Waals surface area contributed by atoms with E-state index in [1.54, 1.807) is 0 Å². The van der Waals surface area contributed by atoms with Crippen LogP contribution in [0.1, 0.15) is 39.2 Å². The molecule has 2 N–H and O–H groups in total. The third kappa shape index (κ3) is 3.35. The topological polar surface area (TPSA) is 70.0 Å². The Morgan fingerprint density at radius 3 is 2.45 bits per heavy atom. The summed E-state index contributed by atoms with van der Waals surface area (Å²) >= 11 is 0. The summed E-state index contributed by atoms with van der Waals surface area (Å²) in [6, 6.07) is 7.45. The van der Waals surface area contributed by atoms with Crippen LogP contribution in [0.5, 0.6) is 5.75 Å². The maximum Gasteiger partial charge on any atom is 0.407 e. The molecule has 1 aromatic rings. The Morgan fingerprint density at radius 2 is 1.95 bits per heavy atom. The molecule has 1 aliphatic rings. The van der Waals surface area contributed by atoms with Crippen LogP contribution in [0.15, 0.2) is 24.3 Å². The van der Waals surface area contributed by atoms with Crippen LogP contribution in [-0.2, 0) is 6.61 Å². The number of hydrogen-bond donors (Lipinski definition) is 2. The summed E-state index contributed by atoms with van der Waals surface area (Å²) in [6.45, 7) is 7.31. The summed E-state index contributed by atoms with van der Waals surface area (Å²) in [7, 11) is 0. The van der Waals surface area contributed by atoms with Gasteiger partial charge in [-0.05, 0) is 17.7 Å². The van der Waals surface area contributed by atoms with E-state index in [2.05, 4.69) is 20.8 Å². The minimum absolute atomic E-state index is 0.0213. The quantitative estimate of drug-likeness (QED) is 0.900. The molecule has 2 rings (SSSR count). The Bertz CT molecular complexity index is 528. The first-order valence-corrected chi connectivity index (χ1v) is 7.64. The van der Waals surface area contributed by atoms with E-state index < -0.39 is 11.7 Å². The van der Waals surface area contributed by atoms with Gasteiger partial charge in [0.05, 0.1) is 6.61 Å². The van der Waals surface area contributed by atoms with E-state index in [4.69, 9.17) is 9.84 Å². The summed E-state index contributed by atoms with van der Waals surface area (Å²) in [5, 5.41) is 18.4. The van der Waals surface area contributed by atoms with Gasteiger partial charge in [0.25, 0.3) is 0 Å². The van der Waals surface area contributed by atoms with Crippen molar-refractivity contribution in [2.45, 2.75) is 45.8 Å². The maximum absolute atomic E-state index is 11.1. The molecule has 1 heterocycles. The van der Waals surface area contributed by atoms with E-state index in [9.17, 15) is 9.90 Å². The Balaban J connectivity index is 2.22. The van der Waals surface area contributed by atoms with Crippen LogP contribution in [0.4, 0.5) is 4.79 Å². The molecule has 1 amide bonds. The summed E-state index contributed by atoms with van der Waals surface area (Å²) in [6.07, 6.45) is 0.447. The number of piperidine rings is 1. The van der Waals surface area contributed by atoms with Crippen LogP contribution in [0.25, 0.3) is 0 Å². The molecule has 0 unspecified atom stereocenters. The monoisotopic (exact) mass is 307 g/mol. The zero-order chi connectivity index (χ0) is 16.4. The second kappa shape index (κ2) is 6.16. The first kappa shape index (κ1) is 16.6. The van der Waals surface area contributed by atoms with Gasteiger partial charge in [0, 0.05) is 31.3 Å². The van der Waals surface area contributed by atoms with Crippen molar-refractivity contribution in [1.82, 2.24) is 4.90 Å². The molecular weight excluding hydrogens is 282 g/mol. The highest BCUT2D eigenvalue weighted by Gasteiger charge is 2.47. The molecule has 1 saturated heterocycles. The lowest BCUT2D eigenvalue weighted by atomic mass is 9.70. The van der Waals surface area contributed by atoms with Gasteiger partial charge in [-0.2, -0.15) is 0 Å². The number of rotatable bonds is 3. The van der Waals surface area contributed by atoms with Crippen LogP contribution < -0.4 is 4.74 Å². The molecule has 0 atom stereocenters. The van der Waals surface area contributed by atoms with Gasteiger partial charge >= 0.3 is 6.09 Å². The van der Waals surface area contributed by atoms with Crippen molar-refractivity contribution in [3.8, 4) is 5.75 Å². The van der Waals surface area contributed by atoms with Gasteiger partial charge in [-0.25, -0.2) is 4.79 Å². The molecule has 1 aromatic carbocycles. The van der Waals surface area contributed by atoms with Gasteiger partial charge in [0.1, 0.15) is 11.4 Å². The Kier molecular flexibility index (Phi) is 4.66. The lowest BCUT2D eigenvalue weighted by molar-refractivity contribution is -0.0738. The van der Waals surface area contributed by atoms with Crippen molar-refractivity contribution in [1.29, 1.82) is 0 Å². The Hall–Kier alpha value is -1.75. The number of aliphatic hydroxyl groups excluding tert-OH is 1. The van der Waals surface area contributed by atoms with Crippen molar-refractivity contribution in [3.63, 3.8) is 0 Å². The molecular formula is C17H25NO4. The third-order valence-corrected chi connectivity index (χ3v) is 4.60. The molecule has 122 valence electrons. The lowest BCUT2D eigenvalue weighted by Crippen LogP contribution is -2.56. The first-order valence-electron chi connectivity index (χ1n) is 7.64. The lowest BCUT2D eigenvalue weighted by Gasteiger charge is -2.49. The molecule has 0 saturated carbocycles. The second-order valence-electron chi connectivity index (χ2n) is 6.92. The van der Waals surface area contributed by atoms with Crippen LogP contribution in [0.2, 0.25) is 0 Å². The van der Waals surface area contributed by atoms with Gasteiger partial charge in [0.2, 0.25) is 0 Å². The number of likely N-dealkylation sites (tertiary alicyclic amines) is 1. The maximum atomic E-state index is 11.1. The molecule has 0 spiro atoms. The van der Waals surface area contributed by atoms with E-state index in [-0.39, 0.29) is 12.0 Å². The summed E-state index contributed by atoms with van der Waals surface area (Å²) < 4.78 is 6.35. The summed E-state index contributed by atoms with van der Waals surface area (Å²) in [5.41, 5.74) is 0.282. The minimum Gasteiger partial charge on any atom is -0.487 e. The number of ether oxygens (including phenoxy) is 1. The number of benzene rings is 1. The normalized spacial score (nSPS) is 18.1. The van der Waals surface area contributed by atoms with Gasteiger partial charge < -0.3 is 19.8 Å². The fourth-order valence-electron chi connectivity index (χ4n) is 3.00. The van der Waals surface area contributed by atoms with Crippen molar-refractivity contribution in [2.24, 2.45) is 5.41 Å². The van der Waals surface area contributed by atoms with Crippen molar-refractivity contribution in [2.75, 3.05) is 13.1 Å². The average molecular weight is 307 g/mol. The van der Waals surface area contributed by atoms with Gasteiger partial charge in [-0.15, -0.1) is 0 Å². The number of nitrogens with zero attached hydrogens (tertiary/aromatic N) is 1. The zero-order valence-electron chi connectivity index (χ0n) is 13.5. The van der Waals surface area contributed by atoms with Gasteiger partial charge in [-0.3, -0.25) is 0 Å². The molecule has 1 aliphatic heterocycles. The van der Waals surface area contributed by atoms with Crippen molar-refractivity contribution in [3.05, 3.63) is 29.8 Å². The third-order valence-electron chi connectivity index (χ3n) is 4.60. The average Bonchev–Trinajstić information content (AvgIpc) is 2.47. The summed E-state index contributed by atoms with van der Waals surface area (Å²) in [4.78, 5) is 12.6. The predicted octanol–water partition coefficient (Wildman–Crippen LogP) is 3.12. The molecule has 5 heteroatoms. The van der Waals surface area contributed by atoms with E-state index in [0.29, 0.717) is 25.9 Å². The Morgan fingerprint density at radius 1 is 1.32 bits per heavy atom. The highest BCUT2D eigenvalue weighted by Crippen LogP contribution is 2.42. The fourth-order valence-corrected chi connectivity index (χ4v) is 3.00. The summed E-state index contributed by atoms with van der Waals surface area (Å²) in [5.74, 6) is 0.727. The van der Waals surface area contributed by atoms with Crippen molar-refractivity contribution < 1.29 is 19.7 Å². The number of hydrogen-bond acceptors (Lipinski definition) is 3. The van der Waals surface area contributed by atoms with Crippen LogP contribution in [0, 0.1) is 5.41 Å². The van der Waals surface area contributed by atoms with Gasteiger partial charge in [0.15, 0.2) is 0 Å². The predicted molar refractivity (Wildman–Crippen MR) is 84.0 cm³/mol. The molecule has 0 bridgehead atoms. The van der Waals surface area contributed by atoms with Crippen molar-refractivity contribution >= 4 is 6.09 Å². The SMILES string of the molecule is CC(C)(C)C1(Oc2cccc(CO)c2)CCN(C(=O)O)CC1. The molecule has 1 fully saturated rings. The molecule has 0 aliphatic carbocycles. The van der Waals surface area contributed by atoms with E-state index in [1.165, 1.54) is 4.90 Å². The van der Waals surface area contributed by atoms with Crippen LogP contribution in [0.3, 0.4) is 0 Å². The standard InChI is InChI=1S/C17H25NO4/c1-16(2,3)17(7-9-18(10-8-17)15(20)21)22-14-6-4-5-13(11-14)12-19/h4-6,11,19H,7-10,12H2,1-3H3,(H,20,21). The molecule has 0 aromatic heterocycles. The number of carbonyl (C=O) groups is 1. The minimum atomic E-state index is -0.871. The van der Waals surface area contributed by atoms with Crippen LogP contribution >= 0.6 is 0 Å². The van der Waals surface area contributed by atoms with Crippen LogP contribution in [-0.4, -0.2) is 39.9 Å². The molecule has 5 nitrogen and oxygen atoms in total. The Labute approximate surface area is 131 Å². The number of carboxylic acid groups (broad SMARTS) is 1. The van der Waals surface area contributed by atoms with Gasteiger partial charge in [-0.1, -0.05) is 32.9 Å². The smallest absolute Gasteiger partial charge is 0.407 e. The van der Waals surface area contributed by atoms with E-state index in [1.807, 2.05) is 24.3 Å². The van der Waals surface area contributed by atoms with E-state index >= 15 is 0 Å². The highest BCUT2D eigenvalue weighted by atomic mass is 16.5. The zero-order valence-corrected chi connectivity index (χ0v) is 13.5.